The number of hydrogen-bond acceptors (Lipinski definition) is 3. The molecule has 1 fully saturated rings. The van der Waals surface area contributed by atoms with Gasteiger partial charge in [0.25, 0.3) is 0 Å². The third kappa shape index (κ3) is 2.53. The molecule has 0 atom stereocenters. The molecule has 3 heteroatoms. The van der Waals surface area contributed by atoms with Crippen LogP contribution in [0.2, 0.25) is 0 Å². The fourth-order valence-electron chi connectivity index (χ4n) is 2.33. The predicted molar refractivity (Wildman–Crippen MR) is 65.8 cm³/mol. The van der Waals surface area contributed by atoms with Gasteiger partial charge in [0.05, 0.1) is 0 Å². The molecule has 0 unspecified atom stereocenters. The van der Waals surface area contributed by atoms with Crippen LogP contribution < -0.4 is 4.90 Å². The van der Waals surface area contributed by atoms with Crippen LogP contribution in [0.1, 0.15) is 30.4 Å². The molecule has 1 aliphatic rings. The summed E-state index contributed by atoms with van der Waals surface area (Å²) < 4.78 is 0. The van der Waals surface area contributed by atoms with Gasteiger partial charge in [0.1, 0.15) is 5.82 Å². The van der Waals surface area contributed by atoms with Crippen LogP contribution in [-0.4, -0.2) is 29.8 Å². The fraction of sp³-hybridized carbons (Fsp3) is 0.615. The van der Waals surface area contributed by atoms with Crippen LogP contribution >= 0.6 is 0 Å². The molecule has 0 saturated carbocycles. The number of aliphatic hydroxyl groups is 1. The lowest BCUT2D eigenvalue weighted by Gasteiger charge is -2.29. The van der Waals surface area contributed by atoms with E-state index in [9.17, 15) is 0 Å². The molecule has 2 rings (SSSR count). The Kier molecular flexibility index (Phi) is 3.78. The van der Waals surface area contributed by atoms with Crippen LogP contribution in [0.15, 0.2) is 12.3 Å². The number of aromatic nitrogens is 1. The van der Waals surface area contributed by atoms with E-state index in [-0.39, 0.29) is 6.61 Å². The van der Waals surface area contributed by atoms with E-state index in [1.54, 1.807) is 0 Å². The van der Waals surface area contributed by atoms with Crippen molar-refractivity contribution in [2.45, 2.75) is 32.6 Å². The Bertz CT molecular complexity index is 346. The van der Waals surface area contributed by atoms with Crippen molar-refractivity contribution < 1.29 is 5.11 Å². The van der Waals surface area contributed by atoms with E-state index >= 15 is 0 Å². The minimum absolute atomic E-state index is 0.199. The summed E-state index contributed by atoms with van der Waals surface area (Å²) in [6, 6.07) is 2.15. The van der Waals surface area contributed by atoms with Crippen molar-refractivity contribution in [2.75, 3.05) is 24.6 Å². The molecular formula is C13H20N2O. The van der Waals surface area contributed by atoms with E-state index < -0.39 is 0 Å². The van der Waals surface area contributed by atoms with Gasteiger partial charge in [-0.1, -0.05) is 6.07 Å². The Morgan fingerprint density at radius 2 is 2.06 bits per heavy atom. The first-order valence-corrected chi connectivity index (χ1v) is 6.12. The van der Waals surface area contributed by atoms with Crippen molar-refractivity contribution in [3.8, 4) is 0 Å². The van der Waals surface area contributed by atoms with Crippen LogP contribution in [0.4, 0.5) is 5.82 Å². The Morgan fingerprint density at radius 1 is 1.31 bits per heavy atom. The highest BCUT2D eigenvalue weighted by molar-refractivity contribution is 5.47. The monoisotopic (exact) mass is 220 g/mol. The third-order valence-electron chi connectivity index (χ3n) is 3.16. The van der Waals surface area contributed by atoms with Gasteiger partial charge < -0.3 is 10.0 Å². The summed E-state index contributed by atoms with van der Waals surface area (Å²) in [7, 11) is 0. The molecule has 1 aromatic heterocycles. The highest BCUT2D eigenvalue weighted by Crippen LogP contribution is 2.21. The SMILES string of the molecule is Cc1cc(CCO)cnc1N1CCCCC1. The summed E-state index contributed by atoms with van der Waals surface area (Å²) in [6.07, 6.45) is 6.50. The molecule has 3 nitrogen and oxygen atoms in total. The maximum Gasteiger partial charge on any atom is 0.131 e. The summed E-state index contributed by atoms with van der Waals surface area (Å²) in [5.41, 5.74) is 2.36. The third-order valence-corrected chi connectivity index (χ3v) is 3.16. The van der Waals surface area contributed by atoms with Gasteiger partial charge in [0.15, 0.2) is 0 Å². The van der Waals surface area contributed by atoms with Gasteiger partial charge in [-0.3, -0.25) is 0 Å². The highest BCUT2D eigenvalue weighted by Gasteiger charge is 2.14. The number of aliphatic hydroxyl groups excluding tert-OH is 1. The highest BCUT2D eigenvalue weighted by atomic mass is 16.2. The summed E-state index contributed by atoms with van der Waals surface area (Å²) in [4.78, 5) is 6.91. The molecular weight excluding hydrogens is 200 g/mol. The number of nitrogens with zero attached hydrogens (tertiary/aromatic N) is 2. The number of piperidine rings is 1. The summed E-state index contributed by atoms with van der Waals surface area (Å²) >= 11 is 0. The number of pyridine rings is 1. The number of anilines is 1. The zero-order valence-corrected chi connectivity index (χ0v) is 9.95. The Hall–Kier alpha value is -1.09. The molecule has 0 aromatic carbocycles. The van der Waals surface area contributed by atoms with Crippen LogP contribution in [0, 0.1) is 6.92 Å². The normalized spacial score (nSPS) is 16.5. The van der Waals surface area contributed by atoms with Crippen LogP contribution in [0.25, 0.3) is 0 Å². The largest absolute Gasteiger partial charge is 0.396 e. The predicted octanol–water partition coefficient (Wildman–Crippen LogP) is 1.92. The quantitative estimate of drug-likeness (QED) is 0.845. The van der Waals surface area contributed by atoms with Crippen molar-refractivity contribution in [1.82, 2.24) is 4.98 Å². The first-order chi connectivity index (χ1) is 7.81. The van der Waals surface area contributed by atoms with E-state index in [1.165, 1.54) is 24.8 Å². The second kappa shape index (κ2) is 5.30. The van der Waals surface area contributed by atoms with E-state index in [1.807, 2.05) is 6.20 Å². The van der Waals surface area contributed by atoms with Gasteiger partial charge in [-0.05, 0) is 43.7 Å². The van der Waals surface area contributed by atoms with Crippen LogP contribution in [0.3, 0.4) is 0 Å². The smallest absolute Gasteiger partial charge is 0.131 e. The molecule has 0 bridgehead atoms. The van der Waals surface area contributed by atoms with Crippen LogP contribution in [-0.2, 0) is 6.42 Å². The second-order valence-corrected chi connectivity index (χ2v) is 4.51. The van der Waals surface area contributed by atoms with Crippen molar-refractivity contribution in [2.24, 2.45) is 0 Å². The Morgan fingerprint density at radius 3 is 2.69 bits per heavy atom. The van der Waals surface area contributed by atoms with Gasteiger partial charge >= 0.3 is 0 Å². The fourth-order valence-corrected chi connectivity index (χ4v) is 2.33. The lowest BCUT2D eigenvalue weighted by molar-refractivity contribution is 0.299. The van der Waals surface area contributed by atoms with E-state index in [4.69, 9.17) is 5.11 Å². The van der Waals surface area contributed by atoms with Gasteiger partial charge in [-0.2, -0.15) is 0 Å². The van der Waals surface area contributed by atoms with Crippen molar-refractivity contribution in [3.05, 3.63) is 23.4 Å². The topological polar surface area (TPSA) is 36.4 Å². The maximum atomic E-state index is 8.89. The first-order valence-electron chi connectivity index (χ1n) is 6.12. The zero-order valence-electron chi connectivity index (χ0n) is 9.95. The Labute approximate surface area is 97.1 Å². The molecule has 1 aliphatic heterocycles. The van der Waals surface area contributed by atoms with E-state index in [2.05, 4.69) is 22.9 Å². The first kappa shape index (κ1) is 11.4. The summed E-state index contributed by atoms with van der Waals surface area (Å²) in [5, 5.41) is 8.89. The minimum atomic E-state index is 0.199. The molecule has 0 radical (unpaired) electrons. The van der Waals surface area contributed by atoms with Gasteiger partial charge in [-0.15, -0.1) is 0 Å². The molecule has 88 valence electrons. The van der Waals surface area contributed by atoms with Gasteiger partial charge in [0, 0.05) is 25.9 Å². The summed E-state index contributed by atoms with van der Waals surface area (Å²) in [5.74, 6) is 1.13. The van der Waals surface area contributed by atoms with Crippen molar-refractivity contribution in [3.63, 3.8) is 0 Å². The van der Waals surface area contributed by atoms with Crippen molar-refractivity contribution in [1.29, 1.82) is 0 Å². The molecule has 1 aromatic rings. The maximum absolute atomic E-state index is 8.89. The lowest BCUT2D eigenvalue weighted by atomic mass is 10.1. The number of rotatable bonds is 3. The van der Waals surface area contributed by atoms with Crippen molar-refractivity contribution >= 4 is 5.82 Å². The van der Waals surface area contributed by atoms with Gasteiger partial charge in [-0.25, -0.2) is 4.98 Å². The molecule has 1 N–H and O–H groups in total. The van der Waals surface area contributed by atoms with Gasteiger partial charge in [0.2, 0.25) is 0 Å². The van der Waals surface area contributed by atoms with E-state index in [0.29, 0.717) is 6.42 Å². The summed E-state index contributed by atoms with van der Waals surface area (Å²) in [6.45, 7) is 4.57. The molecule has 1 saturated heterocycles. The molecule has 16 heavy (non-hydrogen) atoms. The minimum Gasteiger partial charge on any atom is -0.396 e. The molecule has 0 aliphatic carbocycles. The van der Waals surface area contributed by atoms with Crippen LogP contribution in [0.5, 0.6) is 0 Å². The number of aryl methyl sites for hydroxylation is 1. The molecule has 0 amide bonds. The van der Waals surface area contributed by atoms with E-state index in [0.717, 1.165) is 24.5 Å². The average molecular weight is 220 g/mol. The lowest BCUT2D eigenvalue weighted by Crippen LogP contribution is -2.30. The average Bonchev–Trinajstić information content (AvgIpc) is 2.31. The standard InChI is InChI=1S/C13H20N2O/c1-11-9-12(5-8-16)10-14-13(11)15-6-3-2-4-7-15/h9-10,16H,2-8H2,1H3. The zero-order chi connectivity index (χ0) is 11.4. The number of hydrogen-bond donors (Lipinski definition) is 1. The Balaban J connectivity index is 2.14. The molecule has 2 heterocycles. The second-order valence-electron chi connectivity index (χ2n) is 4.51. The molecule has 0 spiro atoms.